The van der Waals surface area contributed by atoms with Gasteiger partial charge in [0.25, 0.3) is 11.7 Å². The van der Waals surface area contributed by atoms with Gasteiger partial charge in [-0.25, -0.2) is 8.78 Å². The molecule has 6 heteroatoms. The highest BCUT2D eigenvalue weighted by Crippen LogP contribution is 2.40. The first kappa shape index (κ1) is 24.4. The van der Waals surface area contributed by atoms with E-state index >= 15 is 0 Å². The predicted molar refractivity (Wildman–Crippen MR) is 142 cm³/mol. The Bertz CT molecular complexity index is 1500. The van der Waals surface area contributed by atoms with Gasteiger partial charge in [0, 0.05) is 17.3 Å². The Morgan fingerprint density at radius 2 is 1.49 bits per heavy atom. The van der Waals surface area contributed by atoms with E-state index in [9.17, 15) is 18.4 Å². The zero-order chi connectivity index (χ0) is 26.3. The third kappa shape index (κ3) is 4.75. The summed E-state index contributed by atoms with van der Waals surface area (Å²) < 4.78 is 27.2. The number of amides is 1. The van der Waals surface area contributed by atoms with Crippen LogP contribution in [0.1, 0.15) is 42.3 Å². The topological polar surface area (TPSA) is 49.4 Å². The normalized spacial score (nSPS) is 13.2. The van der Waals surface area contributed by atoms with E-state index in [1.54, 1.807) is 36.4 Å². The molecule has 1 aliphatic rings. The minimum Gasteiger partial charge on any atom is -0.353 e. The van der Waals surface area contributed by atoms with Crippen molar-refractivity contribution in [1.82, 2.24) is 0 Å². The lowest BCUT2D eigenvalue weighted by Crippen LogP contribution is -2.29. The average Bonchev–Trinajstić information content (AvgIpc) is 3.11. The maximum absolute atomic E-state index is 14.0. The minimum absolute atomic E-state index is 0.0125. The number of fused-ring (bicyclic) bond motifs is 1. The van der Waals surface area contributed by atoms with Crippen LogP contribution in [0, 0.1) is 11.6 Å². The van der Waals surface area contributed by atoms with Crippen molar-refractivity contribution in [2.75, 3.05) is 10.2 Å². The summed E-state index contributed by atoms with van der Waals surface area (Å²) in [6.45, 7) is 6.66. The lowest BCUT2D eigenvalue weighted by molar-refractivity contribution is -0.114. The second-order valence-corrected chi connectivity index (χ2v) is 10.2. The average molecular weight is 497 g/mol. The lowest BCUT2D eigenvalue weighted by atomic mass is 9.86. The third-order valence-corrected chi connectivity index (χ3v) is 6.56. The van der Waals surface area contributed by atoms with Crippen LogP contribution in [0.15, 0.2) is 84.9 Å². The fourth-order valence-corrected chi connectivity index (χ4v) is 4.51. The molecule has 5 rings (SSSR count). The number of ketones is 1. The maximum atomic E-state index is 14.0. The molecule has 0 spiro atoms. The van der Waals surface area contributed by atoms with Gasteiger partial charge in [-0.3, -0.25) is 14.5 Å². The fraction of sp³-hybridized carbons (Fsp3) is 0.161. The number of carbonyl (C=O) groups excluding carboxylic acids is 2. The highest BCUT2D eigenvalue weighted by atomic mass is 19.1. The number of halogens is 2. The molecule has 0 aliphatic carbocycles. The Morgan fingerprint density at radius 3 is 2.14 bits per heavy atom. The largest absolute Gasteiger partial charge is 0.353 e. The summed E-state index contributed by atoms with van der Waals surface area (Å²) in [4.78, 5) is 27.3. The molecule has 1 N–H and O–H groups in total. The molecule has 4 aromatic rings. The number of para-hydroxylation sites is 1. The molecule has 0 fully saturated rings. The Kier molecular flexibility index (Phi) is 6.12. The van der Waals surface area contributed by atoms with E-state index in [0.29, 0.717) is 16.9 Å². The van der Waals surface area contributed by atoms with Crippen molar-refractivity contribution in [3.8, 4) is 11.1 Å². The van der Waals surface area contributed by atoms with E-state index in [1.165, 1.54) is 22.6 Å². The van der Waals surface area contributed by atoms with Crippen molar-refractivity contribution in [2.24, 2.45) is 0 Å². The number of hydrogen-bond donors (Lipinski definition) is 1. The summed E-state index contributed by atoms with van der Waals surface area (Å²) in [6, 6.07) is 24.1. The first-order valence-corrected chi connectivity index (χ1v) is 12.0. The highest BCUT2D eigenvalue weighted by Gasteiger charge is 2.37. The van der Waals surface area contributed by atoms with Gasteiger partial charge in [0.05, 0.1) is 23.5 Å². The van der Waals surface area contributed by atoms with E-state index in [-0.39, 0.29) is 17.6 Å². The second kappa shape index (κ2) is 9.28. The van der Waals surface area contributed by atoms with Gasteiger partial charge >= 0.3 is 0 Å². The molecule has 0 saturated heterocycles. The molecule has 0 aromatic heterocycles. The molecular weight excluding hydrogens is 470 g/mol. The van der Waals surface area contributed by atoms with E-state index in [2.05, 4.69) is 38.2 Å². The Morgan fingerprint density at radius 1 is 0.811 bits per heavy atom. The van der Waals surface area contributed by atoms with Crippen LogP contribution in [0.3, 0.4) is 0 Å². The zero-order valence-corrected chi connectivity index (χ0v) is 20.8. The van der Waals surface area contributed by atoms with Crippen LogP contribution in [0.5, 0.6) is 0 Å². The summed E-state index contributed by atoms with van der Waals surface area (Å²) in [6.07, 6.45) is 0. The Hall–Kier alpha value is -4.32. The molecular formula is C31H26F2N2O2. The minimum atomic E-state index is -0.690. The van der Waals surface area contributed by atoms with E-state index < -0.39 is 23.3 Å². The van der Waals surface area contributed by atoms with Gasteiger partial charge in [0.15, 0.2) is 0 Å². The monoisotopic (exact) mass is 496 g/mol. The zero-order valence-electron chi connectivity index (χ0n) is 20.8. The fourth-order valence-electron chi connectivity index (χ4n) is 4.51. The van der Waals surface area contributed by atoms with Crippen molar-refractivity contribution < 1.29 is 18.4 Å². The van der Waals surface area contributed by atoms with Gasteiger partial charge in [-0.1, -0.05) is 69.3 Å². The van der Waals surface area contributed by atoms with Gasteiger partial charge in [-0.15, -0.1) is 0 Å². The van der Waals surface area contributed by atoms with Crippen molar-refractivity contribution in [3.05, 3.63) is 113 Å². The number of anilines is 3. The molecule has 0 unspecified atom stereocenters. The van der Waals surface area contributed by atoms with Crippen LogP contribution in [0.2, 0.25) is 0 Å². The molecule has 0 radical (unpaired) electrons. The number of hydrogen-bond acceptors (Lipinski definition) is 3. The van der Waals surface area contributed by atoms with Gasteiger partial charge in [-0.05, 0) is 52.4 Å². The Labute approximate surface area is 214 Å². The van der Waals surface area contributed by atoms with Crippen LogP contribution in [-0.4, -0.2) is 11.7 Å². The van der Waals surface area contributed by atoms with Crippen molar-refractivity contribution in [1.29, 1.82) is 0 Å². The maximum Gasteiger partial charge on any atom is 0.299 e. The summed E-state index contributed by atoms with van der Waals surface area (Å²) in [5.41, 5.74) is 5.53. The quantitative estimate of drug-likeness (QED) is 0.293. The van der Waals surface area contributed by atoms with Crippen LogP contribution in [0.25, 0.3) is 11.1 Å². The number of nitrogens with zero attached hydrogens (tertiary/aromatic N) is 1. The van der Waals surface area contributed by atoms with Crippen LogP contribution < -0.4 is 10.2 Å². The molecule has 0 bridgehead atoms. The second-order valence-electron chi connectivity index (χ2n) is 10.2. The lowest BCUT2D eigenvalue weighted by Gasteiger charge is -2.22. The van der Waals surface area contributed by atoms with Crippen LogP contribution >= 0.6 is 0 Å². The first-order valence-electron chi connectivity index (χ1n) is 12.0. The molecule has 1 amide bonds. The van der Waals surface area contributed by atoms with E-state index in [1.807, 2.05) is 18.2 Å². The molecule has 4 aromatic carbocycles. The SMILES string of the molecule is CC(C)(C)c1ccc(-c2cccc3c2N(Cc2ccc(Nc4ccc(F)cc4F)cc2)C(=O)C3=O)cc1. The summed E-state index contributed by atoms with van der Waals surface area (Å²) in [5, 5.41) is 2.92. The number of Topliss-reactive ketones (excluding diaryl/α,β-unsaturated/α-hetero) is 1. The third-order valence-electron chi connectivity index (χ3n) is 6.56. The molecule has 186 valence electrons. The highest BCUT2D eigenvalue weighted by molar-refractivity contribution is 6.52. The Balaban J connectivity index is 1.43. The standard InChI is InChI=1S/C31H26F2N2O2/c1-31(2,3)21-11-9-20(10-12-21)24-5-4-6-25-28(24)35(30(37)29(25)36)18-19-7-14-23(15-8-19)34-27-16-13-22(32)17-26(27)33/h4-17,34H,18H2,1-3H3. The van der Waals surface area contributed by atoms with Gasteiger partial charge in [0.1, 0.15) is 11.6 Å². The van der Waals surface area contributed by atoms with Crippen molar-refractivity contribution in [3.63, 3.8) is 0 Å². The number of carbonyl (C=O) groups is 2. The molecule has 0 atom stereocenters. The predicted octanol–water partition coefficient (Wildman–Crippen LogP) is 7.40. The van der Waals surface area contributed by atoms with E-state index in [4.69, 9.17) is 0 Å². The molecule has 0 saturated carbocycles. The van der Waals surface area contributed by atoms with Crippen molar-refractivity contribution >= 4 is 28.8 Å². The van der Waals surface area contributed by atoms with Crippen molar-refractivity contribution in [2.45, 2.75) is 32.7 Å². The molecule has 1 heterocycles. The first-order chi connectivity index (χ1) is 17.6. The van der Waals surface area contributed by atoms with Gasteiger partial charge in [0.2, 0.25) is 0 Å². The van der Waals surface area contributed by atoms with E-state index in [0.717, 1.165) is 22.8 Å². The number of rotatable bonds is 5. The van der Waals surface area contributed by atoms with Crippen LogP contribution in [-0.2, 0) is 16.8 Å². The molecule has 1 aliphatic heterocycles. The summed E-state index contributed by atoms with van der Waals surface area (Å²) >= 11 is 0. The summed E-state index contributed by atoms with van der Waals surface area (Å²) in [7, 11) is 0. The van der Waals surface area contributed by atoms with Gasteiger partial charge < -0.3 is 5.32 Å². The van der Waals surface area contributed by atoms with Gasteiger partial charge in [-0.2, -0.15) is 0 Å². The number of nitrogens with one attached hydrogen (secondary N) is 1. The smallest absolute Gasteiger partial charge is 0.299 e. The molecule has 4 nitrogen and oxygen atoms in total. The van der Waals surface area contributed by atoms with Crippen LogP contribution in [0.4, 0.5) is 25.8 Å². The summed E-state index contributed by atoms with van der Waals surface area (Å²) in [5.74, 6) is -2.42. The number of benzene rings is 4. The molecule has 37 heavy (non-hydrogen) atoms.